The van der Waals surface area contributed by atoms with Crippen LogP contribution in [-0.2, 0) is 13.0 Å². The second-order valence-electron chi connectivity index (χ2n) is 4.65. The number of tetrazole rings is 1. The van der Waals surface area contributed by atoms with Gasteiger partial charge in [-0.3, -0.25) is 4.98 Å². The molecule has 0 atom stereocenters. The molecule has 0 N–H and O–H groups in total. The van der Waals surface area contributed by atoms with E-state index in [0.717, 1.165) is 17.7 Å². The van der Waals surface area contributed by atoms with E-state index in [1.165, 1.54) is 5.56 Å². The summed E-state index contributed by atoms with van der Waals surface area (Å²) in [6, 6.07) is 14.0. The summed E-state index contributed by atoms with van der Waals surface area (Å²) < 4.78 is 0. The molecule has 0 aliphatic carbocycles. The zero-order chi connectivity index (χ0) is 13.8. The third kappa shape index (κ3) is 2.88. The van der Waals surface area contributed by atoms with Gasteiger partial charge in [0.05, 0.1) is 6.54 Å². The maximum atomic E-state index is 4.39. The number of nitrogens with zero attached hydrogens (tertiary/aromatic N) is 5. The molecule has 3 rings (SSSR count). The monoisotopic (exact) mass is 265 g/mol. The molecule has 2 heterocycles. The molecule has 1 aromatic carbocycles. The van der Waals surface area contributed by atoms with Gasteiger partial charge in [0.2, 0.25) is 5.82 Å². The molecule has 0 spiro atoms. The first-order chi connectivity index (χ1) is 9.81. The number of rotatable bonds is 4. The standard InChI is InChI=1S/C15H15N5/c1-12-5-7-13(8-6-12)15-17-19-20(18-15)11-9-14-4-2-3-10-16-14/h2-8,10H,9,11H2,1H3. The van der Waals surface area contributed by atoms with Gasteiger partial charge in [-0.25, -0.2) is 0 Å². The summed E-state index contributed by atoms with van der Waals surface area (Å²) in [5, 5.41) is 12.6. The number of benzene rings is 1. The normalized spacial score (nSPS) is 10.7. The number of hydrogen-bond acceptors (Lipinski definition) is 4. The van der Waals surface area contributed by atoms with Crippen LogP contribution in [-0.4, -0.2) is 25.2 Å². The number of aryl methyl sites for hydroxylation is 3. The fourth-order valence-corrected chi connectivity index (χ4v) is 1.92. The molecule has 100 valence electrons. The van der Waals surface area contributed by atoms with Crippen LogP contribution in [0.15, 0.2) is 48.7 Å². The summed E-state index contributed by atoms with van der Waals surface area (Å²) in [6.45, 7) is 2.73. The molecule has 0 saturated carbocycles. The van der Waals surface area contributed by atoms with Crippen LogP contribution in [0.5, 0.6) is 0 Å². The highest BCUT2D eigenvalue weighted by molar-refractivity contribution is 5.53. The number of hydrogen-bond donors (Lipinski definition) is 0. The van der Waals surface area contributed by atoms with Crippen molar-refractivity contribution in [1.82, 2.24) is 25.2 Å². The van der Waals surface area contributed by atoms with Crippen molar-refractivity contribution in [1.29, 1.82) is 0 Å². The molecule has 5 nitrogen and oxygen atoms in total. The van der Waals surface area contributed by atoms with Crippen molar-refractivity contribution >= 4 is 0 Å². The number of pyridine rings is 1. The molecule has 0 aliphatic rings. The van der Waals surface area contributed by atoms with Gasteiger partial charge in [-0.05, 0) is 24.3 Å². The third-order valence-electron chi connectivity index (χ3n) is 3.06. The minimum atomic E-state index is 0.658. The van der Waals surface area contributed by atoms with Crippen LogP contribution >= 0.6 is 0 Å². The maximum absolute atomic E-state index is 4.39. The van der Waals surface area contributed by atoms with Crippen molar-refractivity contribution < 1.29 is 0 Å². The molecule has 0 fully saturated rings. The average molecular weight is 265 g/mol. The lowest BCUT2D eigenvalue weighted by Gasteiger charge is -1.98. The first kappa shape index (κ1) is 12.5. The highest BCUT2D eigenvalue weighted by atomic mass is 15.6. The molecular formula is C15H15N5. The van der Waals surface area contributed by atoms with Crippen LogP contribution < -0.4 is 0 Å². The van der Waals surface area contributed by atoms with E-state index in [1.807, 2.05) is 42.5 Å². The van der Waals surface area contributed by atoms with E-state index in [2.05, 4.69) is 27.3 Å². The van der Waals surface area contributed by atoms with Crippen LogP contribution in [0.2, 0.25) is 0 Å². The predicted octanol–water partition coefficient (Wildman–Crippen LogP) is 2.29. The quantitative estimate of drug-likeness (QED) is 0.726. The Bertz CT molecular complexity index is 673. The molecular weight excluding hydrogens is 250 g/mol. The second-order valence-corrected chi connectivity index (χ2v) is 4.65. The second kappa shape index (κ2) is 5.61. The Labute approximate surface area is 117 Å². The zero-order valence-corrected chi connectivity index (χ0v) is 11.3. The van der Waals surface area contributed by atoms with Gasteiger partial charge < -0.3 is 0 Å². The molecule has 3 aromatic rings. The smallest absolute Gasteiger partial charge is 0.204 e. The summed E-state index contributed by atoms with van der Waals surface area (Å²) in [7, 11) is 0. The summed E-state index contributed by atoms with van der Waals surface area (Å²) in [5.41, 5.74) is 3.23. The third-order valence-corrected chi connectivity index (χ3v) is 3.06. The number of aromatic nitrogens is 5. The van der Waals surface area contributed by atoms with Gasteiger partial charge in [-0.1, -0.05) is 35.9 Å². The molecule has 5 heteroatoms. The van der Waals surface area contributed by atoms with Gasteiger partial charge in [-0.15, -0.1) is 10.2 Å². The minimum absolute atomic E-state index is 0.658. The molecule has 0 unspecified atom stereocenters. The van der Waals surface area contributed by atoms with Crippen molar-refractivity contribution in [2.75, 3.05) is 0 Å². The van der Waals surface area contributed by atoms with Gasteiger partial charge in [-0.2, -0.15) is 4.80 Å². The zero-order valence-electron chi connectivity index (χ0n) is 11.3. The van der Waals surface area contributed by atoms with Gasteiger partial charge >= 0.3 is 0 Å². The van der Waals surface area contributed by atoms with Gasteiger partial charge in [0.25, 0.3) is 0 Å². The summed E-state index contributed by atoms with van der Waals surface area (Å²) in [4.78, 5) is 5.89. The topological polar surface area (TPSA) is 56.5 Å². The van der Waals surface area contributed by atoms with Gasteiger partial charge in [0.15, 0.2) is 0 Å². The van der Waals surface area contributed by atoms with Crippen LogP contribution in [0.3, 0.4) is 0 Å². The highest BCUT2D eigenvalue weighted by Crippen LogP contribution is 2.13. The molecule has 2 aromatic heterocycles. The van der Waals surface area contributed by atoms with Crippen molar-refractivity contribution in [2.24, 2.45) is 0 Å². The molecule has 0 radical (unpaired) electrons. The molecule has 0 amide bonds. The Balaban J connectivity index is 1.69. The Kier molecular flexibility index (Phi) is 3.50. The van der Waals surface area contributed by atoms with E-state index >= 15 is 0 Å². The van der Waals surface area contributed by atoms with Crippen molar-refractivity contribution in [2.45, 2.75) is 19.9 Å². The van der Waals surface area contributed by atoms with Crippen molar-refractivity contribution in [3.05, 3.63) is 59.9 Å². The Morgan fingerprint density at radius 3 is 2.65 bits per heavy atom. The Hall–Kier alpha value is -2.56. The highest BCUT2D eigenvalue weighted by Gasteiger charge is 2.05. The molecule has 0 saturated heterocycles. The Morgan fingerprint density at radius 1 is 1.05 bits per heavy atom. The summed E-state index contributed by atoms with van der Waals surface area (Å²) >= 11 is 0. The van der Waals surface area contributed by atoms with Gasteiger partial charge in [0.1, 0.15) is 0 Å². The summed E-state index contributed by atoms with van der Waals surface area (Å²) in [5.74, 6) is 0.658. The lowest BCUT2D eigenvalue weighted by Crippen LogP contribution is -2.06. The lowest BCUT2D eigenvalue weighted by atomic mass is 10.1. The maximum Gasteiger partial charge on any atom is 0.204 e. The molecule has 0 aliphatic heterocycles. The van der Waals surface area contributed by atoms with Crippen LogP contribution in [0.4, 0.5) is 0 Å². The largest absolute Gasteiger partial charge is 0.261 e. The fourth-order valence-electron chi connectivity index (χ4n) is 1.92. The first-order valence-electron chi connectivity index (χ1n) is 6.56. The Morgan fingerprint density at radius 2 is 1.90 bits per heavy atom. The molecule has 0 bridgehead atoms. The van der Waals surface area contributed by atoms with Crippen molar-refractivity contribution in [3.63, 3.8) is 0 Å². The van der Waals surface area contributed by atoms with E-state index < -0.39 is 0 Å². The average Bonchev–Trinajstić information content (AvgIpc) is 2.96. The SMILES string of the molecule is Cc1ccc(-c2nnn(CCc3ccccn3)n2)cc1. The first-order valence-corrected chi connectivity index (χ1v) is 6.56. The predicted molar refractivity (Wildman–Crippen MR) is 75.9 cm³/mol. The van der Waals surface area contributed by atoms with E-state index in [1.54, 1.807) is 11.0 Å². The minimum Gasteiger partial charge on any atom is -0.261 e. The summed E-state index contributed by atoms with van der Waals surface area (Å²) in [6.07, 6.45) is 2.59. The van der Waals surface area contributed by atoms with E-state index in [-0.39, 0.29) is 0 Å². The fraction of sp³-hybridized carbons (Fsp3) is 0.200. The van der Waals surface area contributed by atoms with E-state index in [4.69, 9.17) is 0 Å². The lowest BCUT2D eigenvalue weighted by molar-refractivity contribution is 0.519. The van der Waals surface area contributed by atoms with Gasteiger partial charge in [0, 0.05) is 23.9 Å². The van der Waals surface area contributed by atoms with Crippen LogP contribution in [0.25, 0.3) is 11.4 Å². The van der Waals surface area contributed by atoms with Crippen LogP contribution in [0, 0.1) is 6.92 Å². The molecule has 20 heavy (non-hydrogen) atoms. The van der Waals surface area contributed by atoms with Crippen molar-refractivity contribution in [3.8, 4) is 11.4 Å². The van der Waals surface area contributed by atoms with E-state index in [0.29, 0.717) is 12.4 Å². The van der Waals surface area contributed by atoms with E-state index in [9.17, 15) is 0 Å². The van der Waals surface area contributed by atoms with Crippen LogP contribution in [0.1, 0.15) is 11.3 Å².